The van der Waals surface area contributed by atoms with Gasteiger partial charge < -0.3 is 10.1 Å². The van der Waals surface area contributed by atoms with Crippen LogP contribution in [0.1, 0.15) is 15.9 Å². The van der Waals surface area contributed by atoms with Crippen LogP contribution in [0.3, 0.4) is 0 Å². The highest BCUT2D eigenvalue weighted by molar-refractivity contribution is 7.92. The number of carbonyl (C=O) groups excluding carboxylic acids is 1. The first-order chi connectivity index (χ1) is 13.4. The van der Waals surface area contributed by atoms with Crippen LogP contribution in [0.4, 0.5) is 11.4 Å². The van der Waals surface area contributed by atoms with Crippen LogP contribution in [0.25, 0.3) is 0 Å². The third-order valence-electron chi connectivity index (χ3n) is 4.13. The minimum Gasteiger partial charge on any atom is -0.497 e. The molecular weight excluding hydrogens is 376 g/mol. The van der Waals surface area contributed by atoms with Gasteiger partial charge in [0.15, 0.2) is 0 Å². The van der Waals surface area contributed by atoms with Crippen molar-refractivity contribution in [2.24, 2.45) is 0 Å². The van der Waals surface area contributed by atoms with Crippen molar-refractivity contribution in [2.45, 2.75) is 11.8 Å². The number of hydrogen-bond acceptors (Lipinski definition) is 4. The van der Waals surface area contributed by atoms with E-state index in [0.717, 1.165) is 5.56 Å². The Labute approximate surface area is 164 Å². The minimum atomic E-state index is -3.76. The zero-order valence-corrected chi connectivity index (χ0v) is 16.3. The van der Waals surface area contributed by atoms with Crippen LogP contribution in [0.5, 0.6) is 5.75 Å². The number of benzene rings is 3. The molecule has 1 amide bonds. The number of nitrogens with one attached hydrogen (secondary N) is 2. The van der Waals surface area contributed by atoms with Gasteiger partial charge in [-0.05, 0) is 55.0 Å². The van der Waals surface area contributed by atoms with Gasteiger partial charge in [-0.2, -0.15) is 0 Å². The molecule has 0 radical (unpaired) electrons. The van der Waals surface area contributed by atoms with E-state index >= 15 is 0 Å². The van der Waals surface area contributed by atoms with Gasteiger partial charge in [0, 0.05) is 17.3 Å². The van der Waals surface area contributed by atoms with Crippen LogP contribution >= 0.6 is 0 Å². The molecule has 7 heteroatoms. The standard InChI is InChI=1S/C21H20N2O4S/c1-15-6-3-4-9-20(15)21(24)22-16-10-12-19(13-11-16)28(25,26)23-17-7-5-8-18(14-17)27-2/h3-14,23H,1-2H3,(H,22,24). The molecule has 3 aromatic carbocycles. The third-order valence-corrected chi connectivity index (χ3v) is 5.53. The van der Waals surface area contributed by atoms with Crippen LogP contribution < -0.4 is 14.8 Å². The van der Waals surface area contributed by atoms with Gasteiger partial charge in [0.1, 0.15) is 5.75 Å². The summed E-state index contributed by atoms with van der Waals surface area (Å²) in [6, 6.07) is 19.9. The first-order valence-corrected chi connectivity index (χ1v) is 10.0. The predicted molar refractivity (Wildman–Crippen MR) is 109 cm³/mol. The van der Waals surface area contributed by atoms with Gasteiger partial charge in [0.25, 0.3) is 15.9 Å². The molecule has 28 heavy (non-hydrogen) atoms. The van der Waals surface area contributed by atoms with Crippen LogP contribution in [0.15, 0.2) is 77.7 Å². The molecule has 6 nitrogen and oxygen atoms in total. The van der Waals surface area contributed by atoms with Crippen molar-refractivity contribution in [2.75, 3.05) is 17.1 Å². The Bertz CT molecular complexity index is 1090. The van der Waals surface area contributed by atoms with Crippen LogP contribution in [-0.2, 0) is 10.0 Å². The van der Waals surface area contributed by atoms with Crippen molar-refractivity contribution < 1.29 is 17.9 Å². The van der Waals surface area contributed by atoms with E-state index in [0.29, 0.717) is 22.7 Å². The van der Waals surface area contributed by atoms with E-state index in [2.05, 4.69) is 10.0 Å². The lowest BCUT2D eigenvalue weighted by molar-refractivity contribution is 0.102. The number of aryl methyl sites for hydroxylation is 1. The SMILES string of the molecule is COc1cccc(NS(=O)(=O)c2ccc(NC(=O)c3ccccc3C)cc2)c1. The van der Waals surface area contributed by atoms with Gasteiger partial charge in [0.2, 0.25) is 0 Å². The molecule has 0 aromatic heterocycles. The van der Waals surface area contributed by atoms with Crippen LogP contribution in [0, 0.1) is 6.92 Å². The molecule has 0 heterocycles. The molecule has 0 bridgehead atoms. The molecule has 2 N–H and O–H groups in total. The largest absolute Gasteiger partial charge is 0.497 e. The average molecular weight is 396 g/mol. The number of methoxy groups -OCH3 is 1. The van der Waals surface area contributed by atoms with Crippen LogP contribution in [0.2, 0.25) is 0 Å². The van der Waals surface area contributed by atoms with Gasteiger partial charge in [0.05, 0.1) is 17.7 Å². The second-order valence-electron chi connectivity index (χ2n) is 6.13. The van der Waals surface area contributed by atoms with E-state index in [1.807, 2.05) is 19.1 Å². The maximum Gasteiger partial charge on any atom is 0.261 e. The van der Waals surface area contributed by atoms with Gasteiger partial charge in [-0.25, -0.2) is 8.42 Å². The van der Waals surface area contributed by atoms with Gasteiger partial charge in [-0.3, -0.25) is 9.52 Å². The summed E-state index contributed by atoms with van der Waals surface area (Å²) in [4.78, 5) is 12.5. The first-order valence-electron chi connectivity index (χ1n) is 8.53. The minimum absolute atomic E-state index is 0.0872. The number of hydrogen-bond donors (Lipinski definition) is 2. The maximum absolute atomic E-state index is 12.6. The molecule has 0 aliphatic carbocycles. The lowest BCUT2D eigenvalue weighted by Gasteiger charge is -2.11. The zero-order valence-electron chi connectivity index (χ0n) is 15.5. The summed E-state index contributed by atoms with van der Waals surface area (Å²) in [5, 5.41) is 2.77. The van der Waals surface area contributed by atoms with Crippen molar-refractivity contribution in [1.82, 2.24) is 0 Å². The van der Waals surface area contributed by atoms with E-state index in [-0.39, 0.29) is 10.8 Å². The fourth-order valence-electron chi connectivity index (χ4n) is 2.64. The summed E-state index contributed by atoms with van der Waals surface area (Å²) in [5.74, 6) is 0.303. The highest BCUT2D eigenvalue weighted by atomic mass is 32.2. The van der Waals surface area contributed by atoms with Crippen molar-refractivity contribution in [1.29, 1.82) is 0 Å². The molecule has 0 saturated heterocycles. The molecule has 0 aliphatic rings. The smallest absolute Gasteiger partial charge is 0.261 e. The summed E-state index contributed by atoms with van der Waals surface area (Å²) >= 11 is 0. The molecule has 0 spiro atoms. The molecule has 0 atom stereocenters. The summed E-state index contributed by atoms with van der Waals surface area (Å²) in [5.41, 5.74) is 2.34. The number of anilines is 2. The number of ether oxygens (including phenoxy) is 1. The topological polar surface area (TPSA) is 84.5 Å². The monoisotopic (exact) mass is 396 g/mol. The molecule has 0 aliphatic heterocycles. The molecule has 0 unspecified atom stereocenters. The molecule has 144 valence electrons. The molecule has 3 aromatic rings. The predicted octanol–water partition coefficient (Wildman–Crippen LogP) is 4.06. The third kappa shape index (κ3) is 4.50. The lowest BCUT2D eigenvalue weighted by Crippen LogP contribution is -2.14. The van der Waals surface area contributed by atoms with Gasteiger partial charge in [-0.15, -0.1) is 0 Å². The molecule has 0 fully saturated rings. The second kappa shape index (κ2) is 8.14. The summed E-state index contributed by atoms with van der Waals surface area (Å²) in [6.07, 6.45) is 0. The number of sulfonamides is 1. The maximum atomic E-state index is 12.6. The lowest BCUT2D eigenvalue weighted by atomic mass is 10.1. The Balaban J connectivity index is 1.74. The second-order valence-corrected chi connectivity index (χ2v) is 7.81. The van der Waals surface area contributed by atoms with Gasteiger partial charge in [-0.1, -0.05) is 24.3 Å². The Morgan fingerprint density at radius 1 is 0.893 bits per heavy atom. The Morgan fingerprint density at radius 2 is 1.61 bits per heavy atom. The van der Waals surface area contributed by atoms with Crippen molar-refractivity contribution >= 4 is 27.3 Å². The highest BCUT2D eigenvalue weighted by Crippen LogP contribution is 2.22. The molecular formula is C21H20N2O4S. The van der Waals surface area contributed by atoms with E-state index in [1.165, 1.54) is 19.2 Å². The number of rotatable bonds is 6. The van der Waals surface area contributed by atoms with Gasteiger partial charge >= 0.3 is 0 Å². The Kier molecular flexibility index (Phi) is 5.65. The van der Waals surface area contributed by atoms with E-state index in [1.54, 1.807) is 48.5 Å². The fraction of sp³-hybridized carbons (Fsp3) is 0.0952. The average Bonchev–Trinajstić information content (AvgIpc) is 2.68. The Hall–Kier alpha value is -3.32. The Morgan fingerprint density at radius 3 is 2.29 bits per heavy atom. The van der Waals surface area contributed by atoms with Crippen molar-refractivity contribution in [3.05, 3.63) is 83.9 Å². The van der Waals surface area contributed by atoms with E-state index < -0.39 is 10.0 Å². The molecule has 3 rings (SSSR count). The van der Waals surface area contributed by atoms with Crippen molar-refractivity contribution in [3.63, 3.8) is 0 Å². The fourth-order valence-corrected chi connectivity index (χ4v) is 3.69. The van der Waals surface area contributed by atoms with Crippen molar-refractivity contribution in [3.8, 4) is 5.75 Å². The molecule has 0 saturated carbocycles. The van der Waals surface area contributed by atoms with E-state index in [4.69, 9.17) is 4.74 Å². The quantitative estimate of drug-likeness (QED) is 0.658. The highest BCUT2D eigenvalue weighted by Gasteiger charge is 2.15. The summed E-state index contributed by atoms with van der Waals surface area (Å²) in [6.45, 7) is 1.86. The summed E-state index contributed by atoms with van der Waals surface area (Å²) < 4.78 is 32.7. The van der Waals surface area contributed by atoms with E-state index in [9.17, 15) is 13.2 Å². The summed E-state index contributed by atoms with van der Waals surface area (Å²) in [7, 11) is -2.25. The zero-order chi connectivity index (χ0) is 20.1. The first kappa shape index (κ1) is 19.4. The normalized spacial score (nSPS) is 10.9. The number of carbonyl (C=O) groups is 1. The van der Waals surface area contributed by atoms with Crippen LogP contribution in [-0.4, -0.2) is 21.4 Å². The number of amides is 1.